The monoisotopic (exact) mass is 393 g/mol. The van der Waals surface area contributed by atoms with Crippen molar-refractivity contribution in [3.63, 3.8) is 0 Å². The maximum atomic E-state index is 12.8. The van der Waals surface area contributed by atoms with Crippen molar-refractivity contribution in [2.75, 3.05) is 31.5 Å². The van der Waals surface area contributed by atoms with Gasteiger partial charge >= 0.3 is 6.03 Å². The van der Waals surface area contributed by atoms with Crippen molar-refractivity contribution in [3.8, 4) is 0 Å². The molecule has 1 aliphatic heterocycles. The summed E-state index contributed by atoms with van der Waals surface area (Å²) in [5.41, 5.74) is 2.11. The fourth-order valence-corrected chi connectivity index (χ4v) is 3.83. The van der Waals surface area contributed by atoms with Crippen LogP contribution in [0.15, 0.2) is 66.7 Å². The van der Waals surface area contributed by atoms with Gasteiger partial charge in [0.05, 0.1) is 5.69 Å². The van der Waals surface area contributed by atoms with Crippen molar-refractivity contribution in [1.29, 1.82) is 0 Å². The van der Waals surface area contributed by atoms with Crippen molar-refractivity contribution in [3.05, 3.63) is 77.3 Å². The van der Waals surface area contributed by atoms with Gasteiger partial charge in [-0.1, -0.05) is 60.1 Å². The van der Waals surface area contributed by atoms with E-state index < -0.39 is 0 Å². The Labute approximate surface area is 170 Å². The van der Waals surface area contributed by atoms with Gasteiger partial charge in [0.25, 0.3) is 0 Å². The van der Waals surface area contributed by atoms with Gasteiger partial charge in [0.1, 0.15) is 0 Å². The first kappa shape index (κ1) is 18.8. The molecule has 3 aromatic carbocycles. The molecule has 1 heterocycles. The molecule has 0 bridgehead atoms. The van der Waals surface area contributed by atoms with Crippen molar-refractivity contribution in [2.45, 2.75) is 13.0 Å². The summed E-state index contributed by atoms with van der Waals surface area (Å²) in [5, 5.41) is 6.06. The molecule has 0 atom stereocenters. The Balaban J connectivity index is 1.38. The smallest absolute Gasteiger partial charge is 0.321 e. The number of nitrogens with one attached hydrogen (secondary N) is 1. The molecule has 0 unspecified atom stereocenters. The summed E-state index contributed by atoms with van der Waals surface area (Å²) in [6.45, 7) is 4.24. The molecule has 28 heavy (non-hydrogen) atoms. The Morgan fingerprint density at radius 1 is 0.893 bits per heavy atom. The Bertz CT molecular complexity index is 952. The summed E-state index contributed by atoms with van der Waals surface area (Å²) in [7, 11) is 0. The van der Waals surface area contributed by atoms with Gasteiger partial charge in [-0.05, 0) is 35.6 Å². The number of rotatable bonds is 3. The normalized spacial score (nSPS) is 15.4. The van der Waals surface area contributed by atoms with Crippen LogP contribution in [0.4, 0.5) is 10.5 Å². The molecule has 0 saturated carbocycles. The number of carbonyl (C=O) groups excluding carboxylic acids is 1. The minimum absolute atomic E-state index is 0.0234. The van der Waals surface area contributed by atoms with E-state index in [2.05, 4.69) is 34.5 Å². The van der Waals surface area contributed by atoms with Gasteiger partial charge in [0, 0.05) is 43.1 Å². The number of hydrogen-bond donors (Lipinski definition) is 1. The quantitative estimate of drug-likeness (QED) is 0.661. The zero-order chi connectivity index (χ0) is 19.3. The number of amides is 2. The van der Waals surface area contributed by atoms with Gasteiger partial charge in [-0.25, -0.2) is 4.79 Å². The highest BCUT2D eigenvalue weighted by atomic mass is 35.5. The molecule has 3 aromatic rings. The van der Waals surface area contributed by atoms with Crippen LogP contribution in [-0.4, -0.2) is 42.0 Å². The van der Waals surface area contributed by atoms with E-state index >= 15 is 0 Å². The van der Waals surface area contributed by atoms with E-state index in [1.54, 1.807) is 0 Å². The molecule has 1 saturated heterocycles. The van der Waals surface area contributed by atoms with E-state index in [4.69, 9.17) is 11.6 Å². The predicted molar refractivity (Wildman–Crippen MR) is 116 cm³/mol. The number of carbonyl (C=O) groups is 1. The fraction of sp³-hybridized carbons (Fsp3) is 0.261. The summed E-state index contributed by atoms with van der Waals surface area (Å²) in [5.74, 6) is 0. The summed E-state index contributed by atoms with van der Waals surface area (Å²) in [6.07, 6.45) is 0.969. The zero-order valence-electron chi connectivity index (χ0n) is 15.8. The molecular weight excluding hydrogens is 370 g/mol. The van der Waals surface area contributed by atoms with Crippen LogP contribution in [0.2, 0.25) is 5.02 Å². The Kier molecular flexibility index (Phi) is 5.79. The van der Waals surface area contributed by atoms with E-state index in [9.17, 15) is 4.79 Å². The fourth-order valence-electron chi connectivity index (χ4n) is 3.71. The molecule has 1 fully saturated rings. The van der Waals surface area contributed by atoms with E-state index in [1.165, 1.54) is 5.56 Å². The van der Waals surface area contributed by atoms with Crippen LogP contribution in [0.25, 0.3) is 10.8 Å². The lowest BCUT2D eigenvalue weighted by molar-refractivity contribution is 0.211. The minimum atomic E-state index is -0.0234. The summed E-state index contributed by atoms with van der Waals surface area (Å²) < 4.78 is 0. The standard InChI is InChI=1S/C23H24ClN3O/c24-20-11-9-18(10-12-20)17-26-13-4-14-27(16-15-26)23(28)25-22-8-3-6-19-5-1-2-7-21(19)22/h1-3,5-12H,4,13-17H2,(H,25,28). The SMILES string of the molecule is O=C(Nc1cccc2ccccc12)N1CCCN(Cc2ccc(Cl)cc2)CC1. The van der Waals surface area contributed by atoms with Crippen LogP contribution in [-0.2, 0) is 6.54 Å². The maximum Gasteiger partial charge on any atom is 0.321 e. The average Bonchev–Trinajstić information content (AvgIpc) is 2.96. The van der Waals surface area contributed by atoms with Crippen LogP contribution in [0.5, 0.6) is 0 Å². The summed E-state index contributed by atoms with van der Waals surface area (Å²) in [6, 6.07) is 22.1. The van der Waals surface area contributed by atoms with E-state index in [0.717, 1.165) is 60.6 Å². The first-order valence-corrected chi connectivity index (χ1v) is 10.1. The van der Waals surface area contributed by atoms with E-state index in [1.807, 2.05) is 47.4 Å². The molecule has 0 aromatic heterocycles. The molecule has 2 amide bonds. The van der Waals surface area contributed by atoms with Crippen LogP contribution in [0, 0.1) is 0 Å². The van der Waals surface area contributed by atoms with Gasteiger partial charge in [-0.15, -0.1) is 0 Å². The zero-order valence-corrected chi connectivity index (χ0v) is 16.5. The highest BCUT2D eigenvalue weighted by Crippen LogP contribution is 2.23. The lowest BCUT2D eigenvalue weighted by atomic mass is 10.1. The molecule has 0 spiro atoms. The Hall–Kier alpha value is -2.56. The molecule has 5 heteroatoms. The van der Waals surface area contributed by atoms with Crippen molar-refractivity contribution >= 4 is 34.1 Å². The molecule has 144 valence electrons. The molecule has 4 rings (SSSR count). The first-order valence-electron chi connectivity index (χ1n) is 9.69. The summed E-state index contributed by atoms with van der Waals surface area (Å²) in [4.78, 5) is 17.2. The average molecular weight is 394 g/mol. The molecule has 1 N–H and O–H groups in total. The van der Waals surface area contributed by atoms with Crippen LogP contribution >= 0.6 is 11.6 Å². The van der Waals surface area contributed by atoms with Crippen LogP contribution < -0.4 is 5.32 Å². The third kappa shape index (κ3) is 4.46. The van der Waals surface area contributed by atoms with Gasteiger partial charge in [0.2, 0.25) is 0 Å². The second-order valence-electron chi connectivity index (χ2n) is 7.20. The summed E-state index contributed by atoms with van der Waals surface area (Å²) >= 11 is 5.97. The number of fused-ring (bicyclic) bond motifs is 1. The molecular formula is C23H24ClN3O. The van der Waals surface area contributed by atoms with Gasteiger partial charge in [-0.3, -0.25) is 4.90 Å². The number of urea groups is 1. The largest absolute Gasteiger partial charge is 0.323 e. The molecule has 4 nitrogen and oxygen atoms in total. The Morgan fingerprint density at radius 3 is 2.54 bits per heavy atom. The highest BCUT2D eigenvalue weighted by molar-refractivity contribution is 6.30. The van der Waals surface area contributed by atoms with Gasteiger partial charge in [-0.2, -0.15) is 0 Å². The molecule has 1 aliphatic rings. The highest BCUT2D eigenvalue weighted by Gasteiger charge is 2.19. The predicted octanol–water partition coefficient (Wildman–Crippen LogP) is 5.23. The van der Waals surface area contributed by atoms with Crippen LogP contribution in [0.1, 0.15) is 12.0 Å². The number of benzene rings is 3. The lowest BCUT2D eigenvalue weighted by Gasteiger charge is -2.23. The first-order chi connectivity index (χ1) is 13.7. The topological polar surface area (TPSA) is 35.6 Å². The number of nitrogens with zero attached hydrogens (tertiary/aromatic N) is 2. The van der Waals surface area contributed by atoms with Crippen molar-refractivity contribution in [2.24, 2.45) is 0 Å². The van der Waals surface area contributed by atoms with Crippen molar-refractivity contribution < 1.29 is 4.79 Å². The third-order valence-electron chi connectivity index (χ3n) is 5.23. The third-order valence-corrected chi connectivity index (χ3v) is 5.48. The molecule has 0 radical (unpaired) electrons. The lowest BCUT2D eigenvalue weighted by Crippen LogP contribution is -2.38. The van der Waals surface area contributed by atoms with E-state index in [-0.39, 0.29) is 6.03 Å². The number of anilines is 1. The maximum absolute atomic E-state index is 12.8. The van der Waals surface area contributed by atoms with Crippen LogP contribution in [0.3, 0.4) is 0 Å². The van der Waals surface area contributed by atoms with E-state index in [0.29, 0.717) is 0 Å². The second kappa shape index (κ2) is 8.63. The minimum Gasteiger partial charge on any atom is -0.323 e. The van der Waals surface area contributed by atoms with Crippen molar-refractivity contribution in [1.82, 2.24) is 9.80 Å². The van der Waals surface area contributed by atoms with Gasteiger partial charge in [0.15, 0.2) is 0 Å². The second-order valence-corrected chi connectivity index (χ2v) is 7.64. The Morgan fingerprint density at radius 2 is 1.68 bits per heavy atom. The number of halogens is 1. The number of hydrogen-bond acceptors (Lipinski definition) is 2. The van der Waals surface area contributed by atoms with Gasteiger partial charge < -0.3 is 10.2 Å². The molecule has 0 aliphatic carbocycles.